The first kappa shape index (κ1) is 21.5. The molecule has 9 nitrogen and oxygen atoms in total. The molecule has 2 N–H and O–H groups in total. The lowest BCUT2D eigenvalue weighted by Gasteiger charge is -2.20. The molecule has 0 aliphatic heterocycles. The Bertz CT molecular complexity index is 612. The highest BCUT2D eigenvalue weighted by Crippen LogP contribution is 2.07. The van der Waals surface area contributed by atoms with Gasteiger partial charge in [-0.1, -0.05) is 0 Å². The van der Waals surface area contributed by atoms with Crippen LogP contribution in [0.5, 0.6) is 0 Å². The second-order valence-corrected chi connectivity index (χ2v) is 7.57. The number of alkyl carbamates (subject to hydrolysis) is 2. The number of nitrogens with one attached hydrogen (secondary N) is 2. The molecule has 0 saturated carbocycles. The highest BCUT2D eigenvalue weighted by atomic mass is 16.6. The van der Waals surface area contributed by atoms with E-state index in [1.165, 1.54) is 4.68 Å². The fourth-order valence-electron chi connectivity index (χ4n) is 1.73. The summed E-state index contributed by atoms with van der Waals surface area (Å²) in [5.41, 5.74) is -1.15. The molecule has 0 spiro atoms. The molecule has 1 aromatic heterocycles. The van der Waals surface area contributed by atoms with Crippen molar-refractivity contribution in [3.05, 3.63) is 18.5 Å². The Morgan fingerprint density at radius 2 is 1.69 bits per heavy atom. The first-order valence-electron chi connectivity index (χ1n) is 8.47. The van der Waals surface area contributed by atoms with E-state index < -0.39 is 23.4 Å². The molecule has 2 amide bonds. The number of hydrogen-bond donors (Lipinski definition) is 2. The molecular formula is C17H29N5O4. The van der Waals surface area contributed by atoms with Crippen LogP contribution in [0.2, 0.25) is 0 Å². The van der Waals surface area contributed by atoms with Crippen LogP contribution in [-0.4, -0.2) is 52.2 Å². The lowest BCUT2D eigenvalue weighted by Crippen LogP contribution is -2.40. The number of amides is 2. The van der Waals surface area contributed by atoms with Crippen molar-refractivity contribution in [3.8, 4) is 0 Å². The number of nitrogens with zero attached hydrogens (tertiary/aromatic N) is 3. The van der Waals surface area contributed by atoms with Gasteiger partial charge in [-0.25, -0.2) is 14.3 Å². The third-order valence-electron chi connectivity index (χ3n) is 2.60. The summed E-state index contributed by atoms with van der Waals surface area (Å²) in [6, 6.07) is 1.72. The van der Waals surface area contributed by atoms with Crippen molar-refractivity contribution in [2.24, 2.45) is 4.99 Å². The Labute approximate surface area is 154 Å². The Morgan fingerprint density at radius 1 is 1.08 bits per heavy atom. The number of ether oxygens (including phenoxy) is 2. The lowest BCUT2D eigenvalue weighted by molar-refractivity contribution is 0.0524. The average Bonchev–Trinajstić information content (AvgIpc) is 2.95. The van der Waals surface area contributed by atoms with E-state index in [0.29, 0.717) is 19.5 Å². The van der Waals surface area contributed by atoms with E-state index in [1.54, 1.807) is 60.0 Å². The highest BCUT2D eigenvalue weighted by molar-refractivity contribution is 5.94. The Morgan fingerprint density at radius 3 is 2.23 bits per heavy atom. The van der Waals surface area contributed by atoms with Crippen LogP contribution in [0.15, 0.2) is 23.5 Å². The SMILES string of the molecule is CC(C)(C)OC(=O)NCCCN=C(NC(=O)OC(C)(C)C)n1cccn1. The van der Waals surface area contributed by atoms with Crippen LogP contribution in [0.1, 0.15) is 48.0 Å². The summed E-state index contributed by atoms with van der Waals surface area (Å²) in [6.07, 6.45) is 2.73. The Balaban J connectivity index is 2.53. The number of rotatable bonds is 4. The van der Waals surface area contributed by atoms with Crippen LogP contribution in [0, 0.1) is 0 Å². The summed E-state index contributed by atoms with van der Waals surface area (Å²) in [4.78, 5) is 27.8. The van der Waals surface area contributed by atoms with Gasteiger partial charge in [-0.2, -0.15) is 5.10 Å². The topological polar surface area (TPSA) is 107 Å². The summed E-state index contributed by atoms with van der Waals surface area (Å²) in [5.74, 6) is 0.251. The maximum atomic E-state index is 11.9. The normalized spacial score (nSPS) is 12.5. The van der Waals surface area contributed by atoms with Gasteiger partial charge in [0.2, 0.25) is 5.96 Å². The number of hydrogen-bond acceptors (Lipinski definition) is 6. The summed E-state index contributed by atoms with van der Waals surface area (Å²) in [5, 5.41) is 9.30. The van der Waals surface area contributed by atoms with Gasteiger partial charge in [0.05, 0.1) is 0 Å². The van der Waals surface area contributed by atoms with Crippen LogP contribution in [0.4, 0.5) is 9.59 Å². The van der Waals surface area contributed by atoms with Gasteiger partial charge in [-0.05, 0) is 54.0 Å². The van der Waals surface area contributed by atoms with Crippen LogP contribution < -0.4 is 10.6 Å². The van der Waals surface area contributed by atoms with Gasteiger partial charge in [0.25, 0.3) is 0 Å². The molecule has 0 atom stereocenters. The quantitative estimate of drug-likeness (QED) is 0.483. The van der Waals surface area contributed by atoms with Crippen molar-refractivity contribution in [1.82, 2.24) is 20.4 Å². The third kappa shape index (κ3) is 9.65. The van der Waals surface area contributed by atoms with E-state index in [0.717, 1.165) is 0 Å². The first-order chi connectivity index (χ1) is 12.0. The zero-order valence-corrected chi connectivity index (χ0v) is 16.3. The third-order valence-corrected chi connectivity index (χ3v) is 2.60. The molecule has 0 aliphatic carbocycles. The number of aromatic nitrogens is 2. The second-order valence-electron chi connectivity index (χ2n) is 7.57. The minimum atomic E-state index is -0.614. The molecule has 0 unspecified atom stereocenters. The van der Waals surface area contributed by atoms with Crippen molar-refractivity contribution in [2.45, 2.75) is 59.2 Å². The first-order valence-corrected chi connectivity index (χ1v) is 8.47. The van der Waals surface area contributed by atoms with E-state index in [2.05, 4.69) is 20.7 Å². The molecule has 0 fully saturated rings. The van der Waals surface area contributed by atoms with Gasteiger partial charge in [-0.15, -0.1) is 0 Å². The summed E-state index contributed by atoms with van der Waals surface area (Å²) in [7, 11) is 0. The molecule has 26 heavy (non-hydrogen) atoms. The standard InChI is InChI=1S/C17H29N5O4/c1-16(2,3)25-14(23)19-10-7-9-18-13(22-12-8-11-20-22)21-15(24)26-17(4,5)6/h8,11-12H,7,9-10H2,1-6H3,(H,19,23)(H,18,21,24). The summed E-state index contributed by atoms with van der Waals surface area (Å²) in [6.45, 7) is 11.5. The molecule has 0 bridgehead atoms. The predicted molar refractivity (Wildman–Crippen MR) is 98.2 cm³/mol. The minimum Gasteiger partial charge on any atom is -0.444 e. The van der Waals surface area contributed by atoms with Gasteiger partial charge >= 0.3 is 12.2 Å². The van der Waals surface area contributed by atoms with Crippen LogP contribution in [0.25, 0.3) is 0 Å². The zero-order chi connectivity index (χ0) is 19.8. The van der Waals surface area contributed by atoms with Crippen molar-refractivity contribution < 1.29 is 19.1 Å². The van der Waals surface area contributed by atoms with E-state index in [4.69, 9.17) is 9.47 Å². The van der Waals surface area contributed by atoms with Crippen molar-refractivity contribution in [3.63, 3.8) is 0 Å². The highest BCUT2D eigenvalue weighted by Gasteiger charge is 2.18. The number of carbonyl (C=O) groups is 2. The Hall–Kier alpha value is -2.58. The van der Waals surface area contributed by atoms with Gasteiger partial charge in [0.1, 0.15) is 11.2 Å². The maximum absolute atomic E-state index is 11.9. The number of carbonyl (C=O) groups excluding carboxylic acids is 2. The lowest BCUT2D eigenvalue weighted by atomic mass is 10.2. The van der Waals surface area contributed by atoms with Crippen LogP contribution >= 0.6 is 0 Å². The van der Waals surface area contributed by atoms with Gasteiger partial charge in [-0.3, -0.25) is 10.3 Å². The maximum Gasteiger partial charge on any atom is 0.414 e. The van der Waals surface area contributed by atoms with Crippen LogP contribution in [0.3, 0.4) is 0 Å². The van der Waals surface area contributed by atoms with Gasteiger partial charge in [0, 0.05) is 25.5 Å². The fraction of sp³-hybridized carbons (Fsp3) is 0.647. The molecule has 0 aliphatic rings. The van der Waals surface area contributed by atoms with Crippen LogP contribution in [-0.2, 0) is 9.47 Å². The second kappa shape index (κ2) is 9.21. The monoisotopic (exact) mass is 367 g/mol. The molecule has 0 radical (unpaired) electrons. The molecule has 9 heteroatoms. The van der Waals surface area contributed by atoms with Crippen molar-refractivity contribution in [2.75, 3.05) is 13.1 Å². The van der Waals surface area contributed by atoms with E-state index >= 15 is 0 Å². The smallest absolute Gasteiger partial charge is 0.414 e. The minimum absolute atomic E-state index is 0.251. The molecule has 0 aromatic carbocycles. The Kier molecular flexibility index (Phi) is 7.60. The molecule has 1 rings (SSSR count). The fourth-order valence-corrected chi connectivity index (χ4v) is 1.73. The van der Waals surface area contributed by atoms with E-state index in [9.17, 15) is 9.59 Å². The summed E-state index contributed by atoms with van der Waals surface area (Å²) < 4.78 is 11.8. The van der Waals surface area contributed by atoms with E-state index in [-0.39, 0.29) is 5.96 Å². The number of aliphatic imine (C=N–C) groups is 1. The molecule has 146 valence electrons. The molecule has 0 saturated heterocycles. The molecular weight excluding hydrogens is 338 g/mol. The molecule has 1 heterocycles. The van der Waals surface area contributed by atoms with Gasteiger partial charge in [0.15, 0.2) is 0 Å². The van der Waals surface area contributed by atoms with Crippen molar-refractivity contribution in [1.29, 1.82) is 0 Å². The summed E-state index contributed by atoms with van der Waals surface area (Å²) >= 11 is 0. The zero-order valence-electron chi connectivity index (χ0n) is 16.3. The van der Waals surface area contributed by atoms with Crippen molar-refractivity contribution >= 4 is 18.1 Å². The average molecular weight is 367 g/mol. The largest absolute Gasteiger partial charge is 0.444 e. The predicted octanol–water partition coefficient (Wildman–Crippen LogP) is 2.53. The van der Waals surface area contributed by atoms with Gasteiger partial charge < -0.3 is 14.8 Å². The van der Waals surface area contributed by atoms with E-state index in [1.807, 2.05) is 0 Å². The molecule has 1 aromatic rings.